The Morgan fingerprint density at radius 1 is 0.872 bits per heavy atom. The van der Waals surface area contributed by atoms with Crippen LogP contribution in [0.3, 0.4) is 0 Å². The summed E-state index contributed by atoms with van der Waals surface area (Å²) in [6.07, 6.45) is 6.74. The molecule has 12 heteroatoms. The van der Waals surface area contributed by atoms with Gasteiger partial charge in [0.1, 0.15) is 0 Å². The number of hydrogen-bond acceptors (Lipinski definition) is 8. The van der Waals surface area contributed by atoms with Crippen molar-refractivity contribution in [3.8, 4) is 0 Å². The van der Waals surface area contributed by atoms with E-state index < -0.39 is 39.7 Å². The third kappa shape index (κ3) is 18.3. The van der Waals surface area contributed by atoms with Gasteiger partial charge < -0.3 is 20.3 Å². The molecule has 0 heterocycles. The van der Waals surface area contributed by atoms with Crippen molar-refractivity contribution < 1.29 is 41.9 Å². The Morgan fingerprint density at radius 3 is 1.72 bits per heavy atom. The Morgan fingerprint density at radius 2 is 1.33 bits per heavy atom. The topological polar surface area (TPSA) is 170 Å². The smallest absolute Gasteiger partial charge is 0.335 e. The molecule has 0 bridgehead atoms. The van der Waals surface area contributed by atoms with Gasteiger partial charge in [0.25, 0.3) is 10.1 Å². The summed E-state index contributed by atoms with van der Waals surface area (Å²) in [5.41, 5.74) is 6.17. The number of aromatic carboxylic acids is 1. The Bertz CT molecular complexity index is 939. The van der Waals surface area contributed by atoms with E-state index in [9.17, 15) is 27.4 Å². The van der Waals surface area contributed by atoms with Crippen molar-refractivity contribution in [2.75, 3.05) is 18.9 Å². The van der Waals surface area contributed by atoms with Gasteiger partial charge in [-0.1, -0.05) is 66.2 Å². The molecule has 0 aliphatic heterocycles. The van der Waals surface area contributed by atoms with E-state index in [0.29, 0.717) is 5.69 Å². The first-order chi connectivity index (χ1) is 17.9. The second kappa shape index (κ2) is 22.1. The molecule has 39 heavy (non-hydrogen) atoms. The average Bonchev–Trinajstić information content (AvgIpc) is 2.87. The number of nitrogen functional groups attached to an aromatic ring is 1. The number of benzene rings is 1. The van der Waals surface area contributed by atoms with Gasteiger partial charge in [-0.15, -0.1) is 0 Å². The largest absolute Gasteiger partial charge is 0.478 e. The van der Waals surface area contributed by atoms with Crippen LogP contribution in [0.25, 0.3) is 0 Å². The van der Waals surface area contributed by atoms with Crippen molar-refractivity contribution >= 4 is 63.3 Å². The number of ether oxygens (including phenoxy) is 2. The second-order valence-corrected chi connectivity index (χ2v) is 10.9. The first-order valence-electron chi connectivity index (χ1n) is 13.3. The normalized spacial score (nSPS) is 13.1. The Hall–Kier alpha value is -1.66. The van der Waals surface area contributed by atoms with E-state index >= 15 is 0 Å². The predicted molar refractivity (Wildman–Crippen MR) is 152 cm³/mol. The standard InChI is InChI=1S/C20H38O7S.C7H7NO2.Na/c1-5-9-11-16(7-3)14-26-19(21)13-18(28(23,24)25)20(22)27-15-17(8-4)12-10-6-2;8-6-3-1-5(2-4-6)7(9)10;/h16-18H,5-15H2,1-4H3,(H,23,24,25);1-4H,8H2,(H,9,10);. The van der Waals surface area contributed by atoms with E-state index in [2.05, 4.69) is 13.8 Å². The van der Waals surface area contributed by atoms with Gasteiger partial charge in [0, 0.05) is 35.2 Å². The predicted octanol–water partition coefficient (Wildman–Crippen LogP) is 4.74. The monoisotopic (exact) mass is 582 g/mol. The van der Waals surface area contributed by atoms with Gasteiger partial charge >= 0.3 is 17.9 Å². The summed E-state index contributed by atoms with van der Waals surface area (Å²) < 4.78 is 42.8. The number of unbranched alkanes of at least 4 members (excludes halogenated alkanes) is 2. The van der Waals surface area contributed by atoms with Gasteiger partial charge in [-0.2, -0.15) is 8.42 Å². The first kappa shape index (κ1) is 39.5. The molecular weight excluding hydrogens is 537 g/mol. The molecule has 4 N–H and O–H groups in total. The zero-order chi connectivity index (χ0) is 29.1. The number of esters is 2. The van der Waals surface area contributed by atoms with Gasteiger partial charge in [0.15, 0.2) is 5.25 Å². The molecule has 10 nitrogen and oxygen atoms in total. The molecular formula is C27H45NNaO9S. The van der Waals surface area contributed by atoms with Crippen molar-refractivity contribution in [1.29, 1.82) is 0 Å². The van der Waals surface area contributed by atoms with E-state index in [1.54, 1.807) is 12.1 Å². The van der Waals surface area contributed by atoms with Gasteiger partial charge in [0.2, 0.25) is 0 Å². The molecule has 1 aromatic rings. The minimum absolute atomic E-state index is 0. The van der Waals surface area contributed by atoms with E-state index in [4.69, 9.17) is 20.3 Å². The van der Waals surface area contributed by atoms with Crippen LogP contribution in [-0.2, 0) is 29.2 Å². The minimum Gasteiger partial charge on any atom is -0.478 e. The van der Waals surface area contributed by atoms with Gasteiger partial charge in [-0.25, -0.2) is 4.79 Å². The van der Waals surface area contributed by atoms with Crippen LogP contribution in [0, 0.1) is 11.8 Å². The molecule has 0 spiro atoms. The van der Waals surface area contributed by atoms with Crippen molar-refractivity contribution in [3.05, 3.63) is 29.8 Å². The van der Waals surface area contributed by atoms with Gasteiger partial charge in [-0.3, -0.25) is 14.1 Å². The number of anilines is 1. The summed E-state index contributed by atoms with van der Waals surface area (Å²) in [6, 6.07) is 6.06. The number of carbonyl (C=O) groups is 3. The maximum Gasteiger partial charge on any atom is 0.335 e. The van der Waals surface area contributed by atoms with E-state index in [1.165, 1.54) is 12.1 Å². The van der Waals surface area contributed by atoms with Gasteiger partial charge in [-0.05, 0) is 48.9 Å². The fraction of sp³-hybridized carbons (Fsp3) is 0.667. The average molecular weight is 583 g/mol. The Balaban J connectivity index is 0. The van der Waals surface area contributed by atoms with Crippen molar-refractivity contribution in [3.63, 3.8) is 0 Å². The molecule has 3 atom stereocenters. The number of carboxylic acid groups (broad SMARTS) is 1. The number of hydrogen-bond donors (Lipinski definition) is 3. The molecule has 1 rings (SSSR count). The summed E-state index contributed by atoms with van der Waals surface area (Å²) in [6.45, 7) is 8.35. The summed E-state index contributed by atoms with van der Waals surface area (Å²) in [4.78, 5) is 34.5. The van der Waals surface area contributed by atoms with Crippen LogP contribution in [0.2, 0.25) is 0 Å². The molecule has 0 aromatic heterocycles. The molecule has 1 aromatic carbocycles. The zero-order valence-electron chi connectivity index (χ0n) is 24.1. The van der Waals surface area contributed by atoms with Crippen LogP contribution in [0.5, 0.6) is 0 Å². The zero-order valence-corrected chi connectivity index (χ0v) is 26.9. The van der Waals surface area contributed by atoms with E-state index in [-0.39, 0.29) is 60.2 Å². The van der Waals surface area contributed by atoms with Crippen molar-refractivity contribution in [2.24, 2.45) is 11.8 Å². The number of nitrogens with two attached hydrogens (primary N) is 1. The fourth-order valence-corrected chi connectivity index (χ4v) is 4.10. The molecule has 0 aliphatic rings. The molecule has 0 amide bonds. The minimum atomic E-state index is -4.76. The van der Waals surface area contributed by atoms with Crippen molar-refractivity contribution in [2.45, 2.75) is 90.7 Å². The van der Waals surface area contributed by atoms with Crippen LogP contribution in [0.15, 0.2) is 24.3 Å². The molecule has 0 aliphatic carbocycles. The number of carbonyl (C=O) groups excluding carboxylic acids is 2. The summed E-state index contributed by atoms with van der Waals surface area (Å²) in [5, 5.41) is 6.49. The van der Waals surface area contributed by atoms with Crippen LogP contribution < -0.4 is 5.73 Å². The SMILES string of the molecule is CCCCC(CC)COC(=O)CC(C(=O)OCC(CC)CCCC)S(=O)(=O)O.Nc1ccc(C(=O)O)cc1.[Na]. The van der Waals surface area contributed by atoms with Crippen LogP contribution >= 0.6 is 0 Å². The van der Waals surface area contributed by atoms with E-state index in [0.717, 1.165) is 51.4 Å². The molecule has 0 saturated carbocycles. The van der Waals surface area contributed by atoms with Crippen LogP contribution in [-0.4, -0.2) is 84.0 Å². The maximum absolute atomic E-state index is 12.2. The van der Waals surface area contributed by atoms with Gasteiger partial charge in [0.05, 0.1) is 25.2 Å². The first-order valence-corrected chi connectivity index (χ1v) is 14.8. The van der Waals surface area contributed by atoms with Crippen LogP contribution in [0.1, 0.15) is 95.8 Å². The molecule has 1 radical (unpaired) electrons. The fourth-order valence-electron chi connectivity index (χ4n) is 3.45. The summed E-state index contributed by atoms with van der Waals surface area (Å²) >= 11 is 0. The second-order valence-electron chi connectivity index (χ2n) is 9.28. The summed E-state index contributed by atoms with van der Waals surface area (Å²) in [7, 11) is -4.76. The summed E-state index contributed by atoms with van der Waals surface area (Å²) in [5.74, 6) is -2.54. The molecule has 3 unspecified atom stereocenters. The Labute approximate surface area is 255 Å². The molecule has 219 valence electrons. The van der Waals surface area contributed by atoms with Crippen LogP contribution in [0.4, 0.5) is 5.69 Å². The van der Waals surface area contributed by atoms with Crippen molar-refractivity contribution in [1.82, 2.24) is 0 Å². The molecule has 0 saturated heterocycles. The Kier molecular flexibility index (Phi) is 22.4. The quantitative estimate of drug-likeness (QED) is 0.101. The third-order valence-corrected chi connectivity index (χ3v) is 7.24. The maximum atomic E-state index is 12.2. The number of carboxylic acids is 1. The van der Waals surface area contributed by atoms with E-state index in [1.807, 2.05) is 13.8 Å². The third-order valence-electron chi connectivity index (χ3n) is 6.16. The number of rotatable bonds is 17. The molecule has 0 fully saturated rings.